The molecular weight excluding hydrogens is 380 g/mol. The van der Waals surface area contributed by atoms with E-state index in [2.05, 4.69) is 31.5 Å². The Balaban J connectivity index is 2.35. The highest BCUT2D eigenvalue weighted by molar-refractivity contribution is 5.82. The predicted molar refractivity (Wildman–Crippen MR) is 120 cm³/mol. The number of methoxy groups -OCH3 is 3. The molecule has 0 saturated carbocycles. The van der Waals surface area contributed by atoms with Crippen LogP contribution >= 0.6 is 0 Å². The zero-order chi connectivity index (χ0) is 21.8. The SMILES string of the molecule is CC[C@@H](C)Nc1ccc2c(cc1=O)[C@@H]([NH2+]C)CCc1cc(OC)c(OC)c(OC)c1-2. The summed E-state index contributed by atoms with van der Waals surface area (Å²) in [4.78, 5) is 13.1. The molecule has 6 nitrogen and oxygen atoms in total. The first-order valence-electron chi connectivity index (χ1n) is 10.5. The van der Waals surface area contributed by atoms with E-state index in [-0.39, 0.29) is 17.5 Å². The lowest BCUT2D eigenvalue weighted by Gasteiger charge is -2.19. The lowest BCUT2D eigenvalue weighted by atomic mass is 9.95. The highest BCUT2D eigenvalue weighted by Gasteiger charge is 2.29. The number of ether oxygens (including phenoxy) is 3. The summed E-state index contributed by atoms with van der Waals surface area (Å²) in [6.07, 6.45) is 2.70. The van der Waals surface area contributed by atoms with Crippen molar-refractivity contribution in [1.82, 2.24) is 0 Å². The van der Waals surface area contributed by atoms with Gasteiger partial charge in [-0.25, -0.2) is 0 Å². The van der Waals surface area contributed by atoms with Gasteiger partial charge in [-0.2, -0.15) is 0 Å². The van der Waals surface area contributed by atoms with E-state index >= 15 is 0 Å². The maximum atomic E-state index is 13.1. The van der Waals surface area contributed by atoms with Crippen LogP contribution in [0.25, 0.3) is 11.1 Å². The first-order chi connectivity index (χ1) is 14.5. The minimum atomic E-state index is 0.00583. The molecule has 0 bridgehead atoms. The number of fused-ring (bicyclic) bond motifs is 3. The molecule has 3 N–H and O–H groups in total. The fourth-order valence-corrected chi connectivity index (χ4v) is 4.18. The molecule has 0 radical (unpaired) electrons. The molecular formula is C24H33N2O4+. The normalized spacial score (nSPS) is 16.0. The third-order valence-electron chi connectivity index (χ3n) is 6.00. The van der Waals surface area contributed by atoms with Gasteiger partial charge >= 0.3 is 0 Å². The molecule has 2 aromatic carbocycles. The van der Waals surface area contributed by atoms with Gasteiger partial charge in [-0.1, -0.05) is 13.0 Å². The minimum Gasteiger partial charge on any atom is -0.493 e. The van der Waals surface area contributed by atoms with E-state index in [0.29, 0.717) is 22.9 Å². The fraction of sp³-hybridized carbons (Fsp3) is 0.458. The van der Waals surface area contributed by atoms with Crippen LogP contribution in [0.5, 0.6) is 17.2 Å². The molecule has 0 saturated heterocycles. The van der Waals surface area contributed by atoms with Gasteiger partial charge in [0.05, 0.1) is 34.1 Å². The van der Waals surface area contributed by atoms with Crippen LogP contribution in [0.4, 0.5) is 5.69 Å². The number of quaternary nitrogens is 1. The summed E-state index contributed by atoms with van der Waals surface area (Å²) in [7, 11) is 6.94. The predicted octanol–water partition coefficient (Wildman–Crippen LogP) is 3.13. The quantitative estimate of drug-likeness (QED) is 0.730. The molecule has 6 heteroatoms. The van der Waals surface area contributed by atoms with E-state index in [4.69, 9.17) is 14.2 Å². The van der Waals surface area contributed by atoms with Crippen molar-refractivity contribution in [3.8, 4) is 28.4 Å². The van der Waals surface area contributed by atoms with Gasteiger partial charge in [-0.3, -0.25) is 4.79 Å². The molecule has 0 heterocycles. The third-order valence-corrected chi connectivity index (χ3v) is 6.00. The van der Waals surface area contributed by atoms with Crippen LogP contribution in [0.1, 0.15) is 43.9 Å². The van der Waals surface area contributed by atoms with E-state index in [0.717, 1.165) is 41.5 Å². The molecule has 30 heavy (non-hydrogen) atoms. The number of nitrogens with two attached hydrogens (primary N) is 1. The first kappa shape index (κ1) is 22.0. The summed E-state index contributed by atoms with van der Waals surface area (Å²) in [5.41, 5.74) is 4.74. The monoisotopic (exact) mass is 413 g/mol. The number of hydrogen-bond acceptors (Lipinski definition) is 5. The van der Waals surface area contributed by atoms with E-state index in [9.17, 15) is 4.79 Å². The highest BCUT2D eigenvalue weighted by Crippen LogP contribution is 2.49. The fourth-order valence-electron chi connectivity index (χ4n) is 4.18. The topological polar surface area (TPSA) is 73.4 Å². The van der Waals surface area contributed by atoms with Crippen molar-refractivity contribution in [2.45, 2.75) is 45.2 Å². The van der Waals surface area contributed by atoms with Crippen LogP contribution in [-0.2, 0) is 6.42 Å². The van der Waals surface area contributed by atoms with Gasteiger partial charge in [0.25, 0.3) is 0 Å². The van der Waals surface area contributed by atoms with Crippen molar-refractivity contribution >= 4 is 5.69 Å². The average molecular weight is 414 g/mol. The lowest BCUT2D eigenvalue weighted by molar-refractivity contribution is -0.670. The number of nitrogens with one attached hydrogen (secondary N) is 1. The summed E-state index contributed by atoms with van der Waals surface area (Å²) < 4.78 is 17.0. The molecule has 0 aliphatic heterocycles. The Morgan fingerprint density at radius 1 is 1.13 bits per heavy atom. The number of aryl methyl sites for hydroxylation is 1. The second kappa shape index (κ2) is 9.39. The number of anilines is 1. The second-order valence-corrected chi connectivity index (χ2v) is 7.74. The molecule has 2 atom stereocenters. The summed E-state index contributed by atoms with van der Waals surface area (Å²) in [6.45, 7) is 4.18. The van der Waals surface area contributed by atoms with Crippen LogP contribution in [0, 0.1) is 0 Å². The van der Waals surface area contributed by atoms with Gasteiger partial charge in [0, 0.05) is 23.6 Å². The van der Waals surface area contributed by atoms with E-state index in [1.54, 1.807) is 27.4 Å². The summed E-state index contributed by atoms with van der Waals surface area (Å²) in [5.74, 6) is 1.85. The van der Waals surface area contributed by atoms with Crippen molar-refractivity contribution in [1.29, 1.82) is 0 Å². The molecule has 0 spiro atoms. The summed E-state index contributed by atoms with van der Waals surface area (Å²) in [6, 6.07) is 8.14. The number of rotatable bonds is 7. The zero-order valence-corrected chi connectivity index (χ0v) is 18.8. The molecule has 2 aromatic rings. The zero-order valence-electron chi connectivity index (χ0n) is 18.8. The average Bonchev–Trinajstić information content (AvgIpc) is 3.00. The van der Waals surface area contributed by atoms with Crippen molar-refractivity contribution in [3.05, 3.63) is 45.6 Å². The van der Waals surface area contributed by atoms with E-state index in [1.165, 1.54) is 0 Å². The van der Waals surface area contributed by atoms with Crippen molar-refractivity contribution in [3.63, 3.8) is 0 Å². The van der Waals surface area contributed by atoms with Gasteiger partial charge in [-0.15, -0.1) is 0 Å². The Bertz CT molecular complexity index is 974. The molecule has 3 rings (SSSR count). The summed E-state index contributed by atoms with van der Waals surface area (Å²) in [5, 5.41) is 5.52. The highest BCUT2D eigenvalue weighted by atomic mass is 16.5. The van der Waals surface area contributed by atoms with Crippen LogP contribution in [0.15, 0.2) is 29.1 Å². The lowest BCUT2D eigenvalue weighted by Crippen LogP contribution is -2.81. The second-order valence-electron chi connectivity index (χ2n) is 7.74. The molecule has 1 aliphatic carbocycles. The van der Waals surface area contributed by atoms with Crippen LogP contribution in [0.3, 0.4) is 0 Å². The van der Waals surface area contributed by atoms with Crippen molar-refractivity contribution in [2.75, 3.05) is 33.7 Å². The molecule has 0 aromatic heterocycles. The van der Waals surface area contributed by atoms with Crippen LogP contribution < -0.4 is 30.3 Å². The van der Waals surface area contributed by atoms with E-state index in [1.807, 2.05) is 18.2 Å². The van der Waals surface area contributed by atoms with Gasteiger partial charge < -0.3 is 24.8 Å². The summed E-state index contributed by atoms with van der Waals surface area (Å²) >= 11 is 0. The van der Waals surface area contributed by atoms with Gasteiger partial charge in [0.2, 0.25) is 11.2 Å². The molecule has 0 amide bonds. The largest absolute Gasteiger partial charge is 0.493 e. The van der Waals surface area contributed by atoms with Crippen molar-refractivity contribution < 1.29 is 19.5 Å². The van der Waals surface area contributed by atoms with Crippen LogP contribution in [-0.4, -0.2) is 34.4 Å². The van der Waals surface area contributed by atoms with E-state index < -0.39 is 0 Å². The Labute approximate surface area is 178 Å². The number of benzene rings is 1. The van der Waals surface area contributed by atoms with Gasteiger partial charge in [0.1, 0.15) is 6.04 Å². The van der Waals surface area contributed by atoms with Gasteiger partial charge in [-0.05, 0) is 49.1 Å². The standard InChI is InChI=1S/C24H32N2O4/c1-7-14(2)26-19-11-9-16-17(13-20(19)27)18(25-3)10-8-15-12-21(28-4)23(29-5)24(30-6)22(15)16/h9,11-14,18,25H,7-8,10H2,1-6H3,(H,26,27)/p+1/t14-,18+/m1/s1. The molecule has 0 fully saturated rings. The molecule has 1 aliphatic rings. The smallest absolute Gasteiger partial charge is 0.203 e. The van der Waals surface area contributed by atoms with Crippen LogP contribution in [0.2, 0.25) is 0 Å². The third kappa shape index (κ3) is 3.97. The first-order valence-corrected chi connectivity index (χ1v) is 10.5. The minimum absolute atomic E-state index is 0.00583. The van der Waals surface area contributed by atoms with Gasteiger partial charge in [0.15, 0.2) is 11.5 Å². The maximum Gasteiger partial charge on any atom is 0.203 e. The Hall–Kier alpha value is -2.73. The number of hydrogen-bond donors (Lipinski definition) is 2. The van der Waals surface area contributed by atoms with Crippen molar-refractivity contribution in [2.24, 2.45) is 0 Å². The molecule has 0 unspecified atom stereocenters. The maximum absolute atomic E-state index is 13.1. The Kier molecular flexibility index (Phi) is 6.87. The molecule has 162 valence electrons. The Morgan fingerprint density at radius 3 is 2.47 bits per heavy atom. The Morgan fingerprint density at radius 2 is 1.87 bits per heavy atom.